The maximum atomic E-state index is 12.4. The van der Waals surface area contributed by atoms with Gasteiger partial charge in [0.1, 0.15) is 5.75 Å². The number of alkyl halides is 2. The fraction of sp³-hybridized carbons (Fsp3) is 0.238. The zero-order valence-corrected chi connectivity index (χ0v) is 17.7. The molecule has 0 aliphatic rings. The van der Waals surface area contributed by atoms with Gasteiger partial charge in [0.25, 0.3) is 5.91 Å². The molecule has 1 amide bonds. The predicted octanol–water partition coefficient (Wildman–Crippen LogP) is 4.46. The summed E-state index contributed by atoms with van der Waals surface area (Å²) in [7, 11) is 2.73. The summed E-state index contributed by atoms with van der Waals surface area (Å²) in [6.07, 6.45) is 2.46. The van der Waals surface area contributed by atoms with E-state index >= 15 is 0 Å². The minimum absolute atomic E-state index is 0.0717. The van der Waals surface area contributed by atoms with E-state index in [1.807, 2.05) is 0 Å². The first-order valence-electron chi connectivity index (χ1n) is 8.85. The number of esters is 1. The van der Waals surface area contributed by atoms with Crippen LogP contribution in [0.5, 0.6) is 17.2 Å². The first kappa shape index (κ1) is 23.9. The number of ether oxygens (including phenoxy) is 4. The second kappa shape index (κ2) is 11.2. The number of carbonyl (C=O) groups is 2. The first-order chi connectivity index (χ1) is 14.7. The van der Waals surface area contributed by atoms with E-state index in [9.17, 15) is 18.4 Å². The summed E-state index contributed by atoms with van der Waals surface area (Å²) in [4.78, 5) is 23.9. The predicted molar refractivity (Wildman–Crippen MR) is 111 cm³/mol. The maximum Gasteiger partial charge on any atom is 0.387 e. The van der Waals surface area contributed by atoms with Gasteiger partial charge >= 0.3 is 12.6 Å². The molecule has 0 fully saturated rings. The number of benzene rings is 2. The van der Waals surface area contributed by atoms with Crippen LogP contribution in [0.1, 0.15) is 11.1 Å². The summed E-state index contributed by atoms with van der Waals surface area (Å²) < 4.78 is 44.1. The molecular weight excluding hydrogens is 436 g/mol. The number of amides is 1. The number of carbonyl (C=O) groups excluding carboxylic acids is 2. The number of hydrogen-bond acceptors (Lipinski definition) is 6. The topological polar surface area (TPSA) is 83.1 Å². The van der Waals surface area contributed by atoms with Crippen molar-refractivity contribution in [1.82, 2.24) is 0 Å². The number of rotatable bonds is 9. The number of hydrogen-bond donors (Lipinski definition) is 1. The summed E-state index contributed by atoms with van der Waals surface area (Å²) in [6.45, 7) is -1.75. The highest BCUT2D eigenvalue weighted by molar-refractivity contribution is 6.31. The van der Waals surface area contributed by atoms with Gasteiger partial charge in [-0.2, -0.15) is 8.78 Å². The summed E-state index contributed by atoms with van der Waals surface area (Å²) >= 11 is 6.02. The molecule has 0 aliphatic carbocycles. The molecule has 0 unspecified atom stereocenters. The van der Waals surface area contributed by atoms with Crippen LogP contribution in [-0.2, 0) is 14.3 Å². The van der Waals surface area contributed by atoms with Gasteiger partial charge in [-0.25, -0.2) is 4.79 Å². The molecule has 2 aromatic carbocycles. The summed E-state index contributed by atoms with van der Waals surface area (Å²) in [5.41, 5.74) is 1.60. The lowest BCUT2D eigenvalue weighted by atomic mass is 10.2. The normalized spacial score (nSPS) is 10.8. The number of methoxy groups -OCH3 is 2. The van der Waals surface area contributed by atoms with Crippen molar-refractivity contribution < 1.29 is 37.3 Å². The lowest BCUT2D eigenvalue weighted by Gasteiger charge is -2.12. The van der Waals surface area contributed by atoms with Crippen LogP contribution >= 0.6 is 11.6 Å². The Labute approximate surface area is 182 Å². The third kappa shape index (κ3) is 7.14. The van der Waals surface area contributed by atoms with Crippen LogP contribution in [0.25, 0.3) is 6.08 Å². The van der Waals surface area contributed by atoms with Crippen molar-refractivity contribution >= 4 is 35.2 Å². The zero-order chi connectivity index (χ0) is 23.0. The smallest absolute Gasteiger partial charge is 0.387 e. The van der Waals surface area contributed by atoms with Crippen molar-refractivity contribution in [2.75, 3.05) is 26.1 Å². The SMILES string of the molecule is COc1cc(Cl)c(C)cc1NC(=O)COC(=O)/C=C/c1ccc(OC(F)F)c(OC)c1. The fourth-order valence-corrected chi connectivity index (χ4v) is 2.60. The van der Waals surface area contributed by atoms with Gasteiger partial charge in [-0.3, -0.25) is 4.79 Å². The number of nitrogens with one attached hydrogen (secondary N) is 1. The van der Waals surface area contributed by atoms with Crippen LogP contribution in [-0.4, -0.2) is 39.3 Å². The van der Waals surface area contributed by atoms with Gasteiger partial charge in [0.15, 0.2) is 18.1 Å². The molecule has 7 nitrogen and oxygen atoms in total. The average Bonchev–Trinajstić information content (AvgIpc) is 2.73. The average molecular weight is 456 g/mol. The van der Waals surface area contributed by atoms with Crippen molar-refractivity contribution in [2.24, 2.45) is 0 Å². The van der Waals surface area contributed by atoms with Gasteiger partial charge in [-0.05, 0) is 42.3 Å². The standard InChI is InChI=1S/C21H20ClF2NO6/c1-12-8-15(17(28-2)10-14(12)22)25-19(26)11-30-20(27)7-5-13-4-6-16(31-21(23)24)18(9-13)29-3/h4-10,21H,11H2,1-3H3,(H,25,26)/b7-5+. The minimum Gasteiger partial charge on any atom is -0.495 e. The maximum absolute atomic E-state index is 12.4. The Balaban J connectivity index is 1.94. The van der Waals surface area contributed by atoms with Crippen LogP contribution in [0, 0.1) is 6.92 Å². The molecule has 0 spiro atoms. The van der Waals surface area contributed by atoms with E-state index in [4.69, 9.17) is 25.8 Å². The lowest BCUT2D eigenvalue weighted by molar-refractivity contribution is -0.142. The van der Waals surface area contributed by atoms with Gasteiger partial charge in [-0.15, -0.1) is 0 Å². The highest BCUT2D eigenvalue weighted by Gasteiger charge is 2.13. The zero-order valence-electron chi connectivity index (χ0n) is 16.9. The third-order valence-electron chi connectivity index (χ3n) is 3.92. The Morgan fingerprint density at radius 1 is 1.10 bits per heavy atom. The molecule has 0 heterocycles. The van der Waals surface area contributed by atoms with Crippen molar-refractivity contribution in [3.63, 3.8) is 0 Å². The highest BCUT2D eigenvalue weighted by atomic mass is 35.5. The summed E-state index contributed by atoms with van der Waals surface area (Å²) in [5.74, 6) is -1.05. The first-order valence-corrected chi connectivity index (χ1v) is 9.23. The molecule has 166 valence electrons. The van der Waals surface area contributed by atoms with E-state index < -0.39 is 25.1 Å². The number of anilines is 1. The molecule has 0 aliphatic heterocycles. The summed E-state index contributed by atoms with van der Waals surface area (Å²) in [6, 6.07) is 7.34. The Bertz CT molecular complexity index is 981. The Morgan fingerprint density at radius 2 is 1.81 bits per heavy atom. The van der Waals surface area contributed by atoms with E-state index in [2.05, 4.69) is 10.1 Å². The van der Waals surface area contributed by atoms with Crippen LogP contribution < -0.4 is 19.5 Å². The molecule has 2 rings (SSSR count). The highest BCUT2D eigenvalue weighted by Crippen LogP contribution is 2.31. The molecule has 10 heteroatoms. The second-order valence-corrected chi connectivity index (χ2v) is 6.49. The van der Waals surface area contributed by atoms with Gasteiger partial charge in [0.2, 0.25) is 0 Å². The molecule has 31 heavy (non-hydrogen) atoms. The summed E-state index contributed by atoms with van der Waals surface area (Å²) in [5, 5.41) is 3.06. The van der Waals surface area contributed by atoms with Gasteiger partial charge in [-0.1, -0.05) is 17.7 Å². The van der Waals surface area contributed by atoms with Crippen molar-refractivity contribution in [3.8, 4) is 17.2 Å². The van der Waals surface area contributed by atoms with Crippen molar-refractivity contribution in [1.29, 1.82) is 0 Å². The largest absolute Gasteiger partial charge is 0.495 e. The molecule has 0 saturated heterocycles. The Kier molecular flexibility index (Phi) is 8.63. The molecule has 0 bridgehead atoms. The third-order valence-corrected chi connectivity index (χ3v) is 4.32. The number of aryl methyl sites for hydroxylation is 1. The molecule has 0 aromatic heterocycles. The second-order valence-electron chi connectivity index (χ2n) is 6.08. The van der Waals surface area contributed by atoms with Crippen molar-refractivity contribution in [3.05, 3.63) is 52.6 Å². The van der Waals surface area contributed by atoms with E-state index in [1.54, 1.807) is 19.1 Å². The molecule has 0 atom stereocenters. The van der Waals surface area contributed by atoms with Crippen molar-refractivity contribution in [2.45, 2.75) is 13.5 Å². The monoisotopic (exact) mass is 455 g/mol. The van der Waals surface area contributed by atoms with Crippen LogP contribution in [0.15, 0.2) is 36.4 Å². The van der Waals surface area contributed by atoms with Crippen LogP contribution in [0.2, 0.25) is 5.02 Å². The fourth-order valence-electron chi connectivity index (χ4n) is 2.45. The van der Waals surface area contributed by atoms with E-state index in [0.29, 0.717) is 22.0 Å². The van der Waals surface area contributed by atoms with Gasteiger partial charge in [0, 0.05) is 17.2 Å². The number of halogens is 3. The van der Waals surface area contributed by atoms with Crippen LogP contribution in [0.3, 0.4) is 0 Å². The molecule has 2 aromatic rings. The van der Waals surface area contributed by atoms with Gasteiger partial charge in [0.05, 0.1) is 19.9 Å². The minimum atomic E-state index is -2.99. The quantitative estimate of drug-likeness (QED) is 0.444. The molecule has 1 N–H and O–H groups in total. The van der Waals surface area contributed by atoms with E-state index in [-0.39, 0.29) is 11.5 Å². The molecular formula is C21H20ClF2NO6. The Hall–Kier alpha value is -3.33. The van der Waals surface area contributed by atoms with E-state index in [1.165, 1.54) is 38.5 Å². The van der Waals surface area contributed by atoms with E-state index in [0.717, 1.165) is 11.6 Å². The molecule has 0 saturated carbocycles. The van der Waals surface area contributed by atoms with Crippen LogP contribution in [0.4, 0.5) is 14.5 Å². The Morgan fingerprint density at radius 3 is 2.45 bits per heavy atom. The van der Waals surface area contributed by atoms with Gasteiger partial charge < -0.3 is 24.3 Å². The lowest BCUT2D eigenvalue weighted by Crippen LogP contribution is -2.20. The molecule has 0 radical (unpaired) electrons.